The summed E-state index contributed by atoms with van der Waals surface area (Å²) in [5.74, 6) is 2.40. The number of piperidine rings is 1. The lowest BCUT2D eigenvalue weighted by atomic mass is 9.73. The number of ether oxygens (including phenoxy) is 2. The highest BCUT2D eigenvalue weighted by atomic mass is 16.5. The molecule has 1 amide bonds. The molecule has 1 N–H and O–H groups in total. The molecular weight excluding hydrogens is 400 g/mol. The van der Waals surface area contributed by atoms with Crippen LogP contribution >= 0.6 is 0 Å². The van der Waals surface area contributed by atoms with E-state index in [1.54, 1.807) is 0 Å². The van der Waals surface area contributed by atoms with E-state index in [0.29, 0.717) is 32.7 Å². The van der Waals surface area contributed by atoms with Gasteiger partial charge in [-0.1, -0.05) is 44.2 Å². The third-order valence-electron chi connectivity index (χ3n) is 6.84. The number of likely N-dealkylation sites (tertiary alicyclic amines) is 1. The quantitative estimate of drug-likeness (QED) is 0.682. The number of hydrogen-bond acceptors (Lipinski definition) is 4. The fraction of sp³-hybridized carbons (Fsp3) is 0.519. The molecule has 0 aliphatic carbocycles. The average Bonchev–Trinajstić information content (AvgIpc) is 2.80. The molecule has 172 valence electrons. The zero-order valence-electron chi connectivity index (χ0n) is 19.4. The number of carbonyl (C=O) groups is 1. The molecule has 2 atom stereocenters. The summed E-state index contributed by atoms with van der Waals surface area (Å²) in [6.07, 6.45) is 2.71. The molecule has 2 aliphatic heterocycles. The minimum absolute atomic E-state index is 0.0361. The van der Waals surface area contributed by atoms with Crippen molar-refractivity contribution in [1.82, 2.24) is 4.90 Å². The van der Waals surface area contributed by atoms with Gasteiger partial charge >= 0.3 is 0 Å². The SMILES string of the molecule is C[C@@H]1C[C@@H](C)CN(CCOc2ccc(NC(=O)C3(c4ccccc4)CCOCC3)cc2)C1. The van der Waals surface area contributed by atoms with Gasteiger partial charge in [-0.3, -0.25) is 9.69 Å². The Morgan fingerprint density at radius 1 is 1.03 bits per heavy atom. The Labute approximate surface area is 192 Å². The standard InChI is InChI=1S/C27H36N2O3/c1-21-18-22(2)20-29(19-21)14-17-32-25-10-8-24(9-11-25)28-26(30)27(12-15-31-16-13-27)23-6-4-3-5-7-23/h3-11,21-22H,12-20H2,1-2H3,(H,28,30)/t21-,22-/m1/s1. The van der Waals surface area contributed by atoms with Crippen molar-refractivity contribution in [1.29, 1.82) is 0 Å². The lowest BCUT2D eigenvalue weighted by molar-refractivity contribution is -0.125. The van der Waals surface area contributed by atoms with Crippen LogP contribution in [0.25, 0.3) is 0 Å². The van der Waals surface area contributed by atoms with E-state index >= 15 is 0 Å². The predicted octanol–water partition coefficient (Wildman–Crippen LogP) is 4.73. The largest absolute Gasteiger partial charge is 0.492 e. The van der Waals surface area contributed by atoms with Crippen molar-refractivity contribution < 1.29 is 14.3 Å². The van der Waals surface area contributed by atoms with Crippen LogP contribution in [0.5, 0.6) is 5.75 Å². The molecule has 0 bridgehead atoms. The van der Waals surface area contributed by atoms with Gasteiger partial charge in [-0.15, -0.1) is 0 Å². The van der Waals surface area contributed by atoms with E-state index in [0.717, 1.165) is 48.5 Å². The number of hydrogen-bond donors (Lipinski definition) is 1. The summed E-state index contributed by atoms with van der Waals surface area (Å²) in [6, 6.07) is 17.8. The third kappa shape index (κ3) is 5.51. The molecule has 0 radical (unpaired) electrons. The fourth-order valence-electron chi connectivity index (χ4n) is 5.28. The highest BCUT2D eigenvalue weighted by Crippen LogP contribution is 2.36. The van der Waals surface area contributed by atoms with E-state index < -0.39 is 5.41 Å². The molecular formula is C27H36N2O3. The Morgan fingerprint density at radius 3 is 2.34 bits per heavy atom. The van der Waals surface area contributed by atoms with Gasteiger partial charge in [-0.05, 0) is 60.9 Å². The van der Waals surface area contributed by atoms with Crippen LogP contribution < -0.4 is 10.1 Å². The van der Waals surface area contributed by atoms with Crippen LogP contribution in [-0.2, 0) is 14.9 Å². The minimum Gasteiger partial charge on any atom is -0.492 e. The molecule has 5 nitrogen and oxygen atoms in total. The van der Waals surface area contributed by atoms with E-state index in [1.165, 1.54) is 6.42 Å². The maximum atomic E-state index is 13.4. The molecule has 2 heterocycles. The van der Waals surface area contributed by atoms with Crippen LogP contribution in [0, 0.1) is 11.8 Å². The zero-order valence-corrected chi connectivity index (χ0v) is 19.4. The van der Waals surface area contributed by atoms with Crippen LogP contribution in [0.15, 0.2) is 54.6 Å². The first-order valence-corrected chi connectivity index (χ1v) is 11.9. The second kappa shape index (κ2) is 10.5. The van der Waals surface area contributed by atoms with Gasteiger partial charge in [0.05, 0.1) is 5.41 Å². The molecule has 0 unspecified atom stereocenters. The molecule has 2 aromatic rings. The van der Waals surface area contributed by atoms with Crippen molar-refractivity contribution in [2.24, 2.45) is 11.8 Å². The summed E-state index contributed by atoms with van der Waals surface area (Å²) in [7, 11) is 0. The van der Waals surface area contributed by atoms with Crippen molar-refractivity contribution in [3.63, 3.8) is 0 Å². The Bertz CT molecular complexity index is 852. The molecule has 4 rings (SSSR count). The molecule has 2 fully saturated rings. The van der Waals surface area contributed by atoms with Gasteiger partial charge < -0.3 is 14.8 Å². The Kier molecular flexibility index (Phi) is 7.48. The van der Waals surface area contributed by atoms with Gasteiger partial charge in [-0.25, -0.2) is 0 Å². The average molecular weight is 437 g/mol. The van der Waals surface area contributed by atoms with Gasteiger partial charge in [0.2, 0.25) is 5.91 Å². The van der Waals surface area contributed by atoms with E-state index in [4.69, 9.17) is 9.47 Å². The minimum atomic E-state index is -0.544. The number of nitrogens with zero attached hydrogens (tertiary/aromatic N) is 1. The number of anilines is 1. The number of amides is 1. The first-order chi connectivity index (χ1) is 15.5. The normalized spacial score (nSPS) is 23.4. The monoisotopic (exact) mass is 436 g/mol. The van der Waals surface area contributed by atoms with Crippen LogP contribution in [0.4, 0.5) is 5.69 Å². The second-order valence-corrected chi connectivity index (χ2v) is 9.59. The highest BCUT2D eigenvalue weighted by molar-refractivity contribution is 5.99. The summed E-state index contributed by atoms with van der Waals surface area (Å²) in [5, 5.41) is 3.14. The summed E-state index contributed by atoms with van der Waals surface area (Å²) in [5.41, 5.74) is 1.31. The molecule has 2 aliphatic rings. The van der Waals surface area contributed by atoms with Gasteiger partial charge in [-0.2, -0.15) is 0 Å². The summed E-state index contributed by atoms with van der Waals surface area (Å²) >= 11 is 0. The van der Waals surface area contributed by atoms with Crippen molar-refractivity contribution in [3.8, 4) is 5.75 Å². The van der Waals surface area contributed by atoms with Crippen LogP contribution in [0.1, 0.15) is 38.7 Å². The summed E-state index contributed by atoms with van der Waals surface area (Å²) < 4.78 is 11.5. The zero-order chi connectivity index (χ0) is 22.4. The first kappa shape index (κ1) is 22.8. The van der Waals surface area contributed by atoms with E-state index in [-0.39, 0.29) is 5.91 Å². The molecule has 0 spiro atoms. The maximum absolute atomic E-state index is 13.4. The number of benzene rings is 2. The smallest absolute Gasteiger partial charge is 0.235 e. The van der Waals surface area contributed by atoms with Crippen molar-refractivity contribution in [2.45, 2.75) is 38.5 Å². The molecule has 2 aromatic carbocycles. The molecule has 32 heavy (non-hydrogen) atoms. The summed E-state index contributed by atoms with van der Waals surface area (Å²) in [6.45, 7) is 9.82. The molecule has 2 saturated heterocycles. The highest BCUT2D eigenvalue weighted by Gasteiger charge is 2.41. The first-order valence-electron chi connectivity index (χ1n) is 11.9. The van der Waals surface area contributed by atoms with E-state index in [1.807, 2.05) is 54.6 Å². The van der Waals surface area contributed by atoms with Gasteiger partial charge in [0.1, 0.15) is 12.4 Å². The Hall–Kier alpha value is -2.37. The van der Waals surface area contributed by atoms with Crippen molar-refractivity contribution in [2.75, 3.05) is 44.8 Å². The lowest BCUT2D eigenvalue weighted by Gasteiger charge is -2.36. The van der Waals surface area contributed by atoms with E-state index in [9.17, 15) is 4.79 Å². The Balaban J connectivity index is 1.33. The second-order valence-electron chi connectivity index (χ2n) is 9.59. The summed E-state index contributed by atoms with van der Waals surface area (Å²) in [4.78, 5) is 15.9. The lowest BCUT2D eigenvalue weighted by Crippen LogP contribution is -2.44. The van der Waals surface area contributed by atoms with Crippen molar-refractivity contribution in [3.05, 3.63) is 60.2 Å². The predicted molar refractivity (Wildman–Crippen MR) is 128 cm³/mol. The fourth-order valence-corrected chi connectivity index (χ4v) is 5.28. The maximum Gasteiger partial charge on any atom is 0.235 e. The molecule has 0 saturated carbocycles. The molecule has 5 heteroatoms. The van der Waals surface area contributed by atoms with Crippen LogP contribution in [0.2, 0.25) is 0 Å². The van der Waals surface area contributed by atoms with Crippen molar-refractivity contribution >= 4 is 11.6 Å². The topological polar surface area (TPSA) is 50.8 Å². The van der Waals surface area contributed by atoms with Gasteiger partial charge in [0.25, 0.3) is 0 Å². The number of nitrogens with one attached hydrogen (secondary N) is 1. The van der Waals surface area contributed by atoms with Crippen LogP contribution in [0.3, 0.4) is 0 Å². The van der Waals surface area contributed by atoms with Gasteiger partial charge in [0, 0.05) is 38.5 Å². The van der Waals surface area contributed by atoms with Gasteiger partial charge in [0.15, 0.2) is 0 Å². The van der Waals surface area contributed by atoms with Crippen LogP contribution in [-0.4, -0.2) is 50.3 Å². The van der Waals surface area contributed by atoms with E-state index in [2.05, 4.69) is 24.1 Å². The Morgan fingerprint density at radius 2 is 1.69 bits per heavy atom. The number of rotatable bonds is 7. The third-order valence-corrected chi connectivity index (χ3v) is 6.84. The molecule has 0 aromatic heterocycles. The number of carbonyl (C=O) groups excluding carboxylic acids is 1.